The maximum atomic E-state index is 11.9. The van der Waals surface area contributed by atoms with E-state index in [0.717, 1.165) is 6.07 Å². The number of rotatable bonds is 10. The molecular formula is C30H33O18+. The van der Waals surface area contributed by atoms with Gasteiger partial charge in [0.05, 0.1) is 18.2 Å². The lowest BCUT2D eigenvalue weighted by molar-refractivity contribution is -0.358. The number of hydrogen-bond acceptors (Lipinski definition) is 16. The van der Waals surface area contributed by atoms with Crippen LogP contribution in [0.2, 0.25) is 0 Å². The molecule has 0 amide bonds. The lowest BCUT2D eigenvalue weighted by atomic mass is 9.97. The quantitative estimate of drug-likeness (QED) is 0.0663. The van der Waals surface area contributed by atoms with E-state index in [-0.39, 0.29) is 39.5 Å². The number of fused-ring (bicyclic) bond motifs is 1. The molecule has 0 radical (unpaired) electrons. The van der Waals surface area contributed by atoms with Gasteiger partial charge in [0.25, 0.3) is 0 Å². The van der Waals surface area contributed by atoms with Crippen LogP contribution in [-0.4, -0.2) is 138 Å². The fourth-order valence-electron chi connectivity index (χ4n) is 5.18. The summed E-state index contributed by atoms with van der Waals surface area (Å²) in [6.45, 7) is -1.58. The Hall–Kier alpha value is -4.37. The number of aliphatic hydroxyl groups excluding tert-OH is 6. The molecule has 10 atom stereocenters. The summed E-state index contributed by atoms with van der Waals surface area (Å²) in [4.78, 5) is 22.8. The van der Waals surface area contributed by atoms with Gasteiger partial charge < -0.3 is 74.7 Å². The fourth-order valence-corrected chi connectivity index (χ4v) is 5.18. The zero-order valence-corrected chi connectivity index (χ0v) is 24.7. The van der Waals surface area contributed by atoms with Crippen LogP contribution in [0.15, 0.2) is 46.9 Å². The minimum atomic E-state index is -1.99. The summed E-state index contributed by atoms with van der Waals surface area (Å²) in [7, 11) is 0. The first-order chi connectivity index (χ1) is 22.8. The van der Waals surface area contributed by atoms with Gasteiger partial charge in [-0.1, -0.05) is 0 Å². The predicted octanol–water partition coefficient (Wildman–Crippen LogP) is -1.47. The highest BCUT2D eigenvalue weighted by molar-refractivity contribution is 5.90. The van der Waals surface area contributed by atoms with E-state index in [1.165, 1.54) is 36.4 Å². The van der Waals surface area contributed by atoms with Gasteiger partial charge in [-0.2, -0.15) is 0 Å². The molecule has 0 bridgehead atoms. The highest BCUT2D eigenvalue weighted by Gasteiger charge is 2.52. The summed E-state index contributed by atoms with van der Waals surface area (Å²) < 4.78 is 33.9. The number of carbonyl (C=O) groups is 2. The van der Waals surface area contributed by atoms with E-state index < -0.39 is 98.7 Å². The van der Waals surface area contributed by atoms with E-state index in [0.29, 0.717) is 0 Å². The first-order valence-electron chi connectivity index (χ1n) is 14.4. The Balaban J connectivity index is 1.54. The van der Waals surface area contributed by atoms with Gasteiger partial charge in [-0.25, -0.2) is 4.42 Å². The number of hydrogen-bond donors (Lipinski definition) is 10. The first-order valence-corrected chi connectivity index (χ1v) is 14.4. The topological polar surface area (TPSA) is 294 Å². The lowest BCUT2D eigenvalue weighted by Crippen LogP contribution is -2.65. The average Bonchev–Trinajstić information content (AvgIpc) is 3.03. The van der Waals surface area contributed by atoms with Crippen LogP contribution < -0.4 is 4.74 Å². The number of ether oxygens (including phenoxy) is 5. The molecule has 0 saturated carbocycles. The molecule has 3 heterocycles. The van der Waals surface area contributed by atoms with E-state index in [9.17, 15) is 55.5 Å². The van der Waals surface area contributed by atoms with Crippen molar-refractivity contribution in [2.24, 2.45) is 0 Å². The third-order valence-corrected chi connectivity index (χ3v) is 7.68. The third-order valence-electron chi connectivity index (χ3n) is 7.68. The SMILES string of the molecule is O=C(O)CC(=O)OCC1OC(Oc2cc3c(O)cc(O)cc3[o+]c2-c2ccc(O)cc2)C(OC2OC(CO)C(O)C(O)C2O)C(O)C1O. The van der Waals surface area contributed by atoms with Gasteiger partial charge in [-0.3, -0.25) is 9.59 Å². The van der Waals surface area contributed by atoms with Crippen LogP contribution in [0.25, 0.3) is 22.3 Å². The normalized spacial score (nSPS) is 30.5. The number of aliphatic hydroxyl groups is 6. The van der Waals surface area contributed by atoms with E-state index in [4.69, 9.17) is 33.2 Å². The standard InChI is InChI=1S/C30H32O18/c31-9-18-22(38)24(40)26(42)29(46-18)48-28-25(41)23(39)19(10-43-21(37)8-20(35)36)47-30(28)45-17-7-14-15(34)5-13(33)6-16(14)44-27(17)11-1-3-12(32)4-2-11/h1-7,18-19,22-26,28-31,38-42H,8-10H2,(H3-,32,33,34,35,36)/p+1. The van der Waals surface area contributed by atoms with Crippen LogP contribution in [0.5, 0.6) is 23.0 Å². The number of carboxylic acid groups (broad SMARTS) is 1. The van der Waals surface area contributed by atoms with Gasteiger partial charge in [0, 0.05) is 12.1 Å². The van der Waals surface area contributed by atoms with Crippen LogP contribution in [-0.2, 0) is 28.5 Å². The second-order valence-electron chi connectivity index (χ2n) is 11.1. The summed E-state index contributed by atoms with van der Waals surface area (Å²) in [6.07, 6.45) is -19.0. The number of aromatic hydroxyl groups is 3. The number of aliphatic carboxylic acids is 1. The summed E-state index contributed by atoms with van der Waals surface area (Å²) >= 11 is 0. The minimum Gasteiger partial charge on any atom is -0.508 e. The van der Waals surface area contributed by atoms with Crippen molar-refractivity contribution in [2.75, 3.05) is 13.2 Å². The highest BCUT2D eigenvalue weighted by Crippen LogP contribution is 2.41. The summed E-state index contributed by atoms with van der Waals surface area (Å²) in [5.74, 6) is -3.84. The van der Waals surface area contributed by atoms with Gasteiger partial charge in [0.1, 0.15) is 78.4 Å². The van der Waals surface area contributed by atoms with Crippen molar-refractivity contribution >= 4 is 22.9 Å². The summed E-state index contributed by atoms with van der Waals surface area (Å²) in [5.41, 5.74) is 0.273. The molecule has 2 aliphatic rings. The molecule has 10 unspecified atom stereocenters. The number of carbonyl (C=O) groups excluding carboxylic acids is 1. The van der Waals surface area contributed by atoms with Crippen LogP contribution in [0.1, 0.15) is 6.42 Å². The lowest BCUT2D eigenvalue weighted by Gasteiger charge is -2.45. The van der Waals surface area contributed by atoms with Crippen molar-refractivity contribution in [3.8, 4) is 34.3 Å². The van der Waals surface area contributed by atoms with E-state index >= 15 is 0 Å². The number of carboxylic acids is 1. The first kappa shape index (κ1) is 35.0. The molecule has 10 N–H and O–H groups in total. The maximum absolute atomic E-state index is 11.9. The molecule has 18 nitrogen and oxygen atoms in total. The van der Waals surface area contributed by atoms with Crippen molar-refractivity contribution < 1.29 is 88.8 Å². The van der Waals surface area contributed by atoms with E-state index in [1.54, 1.807) is 0 Å². The number of benzene rings is 2. The van der Waals surface area contributed by atoms with Crippen LogP contribution in [0, 0.1) is 0 Å². The van der Waals surface area contributed by atoms with Crippen molar-refractivity contribution in [1.29, 1.82) is 0 Å². The fraction of sp³-hybridized carbons (Fsp3) is 0.433. The van der Waals surface area contributed by atoms with Crippen molar-refractivity contribution in [1.82, 2.24) is 0 Å². The van der Waals surface area contributed by atoms with Crippen LogP contribution in [0.3, 0.4) is 0 Å². The van der Waals surface area contributed by atoms with Gasteiger partial charge in [0.2, 0.25) is 12.0 Å². The minimum absolute atomic E-state index is 0.0136. The Morgan fingerprint density at radius 3 is 2.12 bits per heavy atom. The second kappa shape index (κ2) is 14.4. The molecule has 48 heavy (non-hydrogen) atoms. The summed E-state index contributed by atoms with van der Waals surface area (Å²) in [6, 6.07) is 9.00. The van der Waals surface area contributed by atoms with Gasteiger partial charge >= 0.3 is 23.3 Å². The van der Waals surface area contributed by atoms with Crippen molar-refractivity contribution in [3.63, 3.8) is 0 Å². The number of esters is 1. The Labute approximate surface area is 269 Å². The van der Waals surface area contributed by atoms with E-state index in [1.807, 2.05) is 0 Å². The molecule has 2 aromatic carbocycles. The van der Waals surface area contributed by atoms with Gasteiger partial charge in [-0.15, -0.1) is 0 Å². The largest absolute Gasteiger partial charge is 0.508 e. The second-order valence-corrected chi connectivity index (χ2v) is 11.1. The van der Waals surface area contributed by atoms with Gasteiger partial charge in [-0.05, 0) is 24.3 Å². The highest BCUT2D eigenvalue weighted by atomic mass is 16.8. The molecule has 2 fully saturated rings. The zero-order chi connectivity index (χ0) is 34.9. The number of phenolic OH excluding ortho intramolecular Hbond substituents is 3. The molecular weight excluding hydrogens is 648 g/mol. The third kappa shape index (κ3) is 7.36. The smallest absolute Gasteiger partial charge is 0.402 e. The Kier molecular flexibility index (Phi) is 10.5. The molecule has 260 valence electrons. The maximum Gasteiger partial charge on any atom is 0.402 e. The van der Waals surface area contributed by atoms with Crippen molar-refractivity contribution in [3.05, 3.63) is 42.5 Å². The molecule has 0 aliphatic carbocycles. The zero-order valence-electron chi connectivity index (χ0n) is 24.7. The van der Waals surface area contributed by atoms with E-state index in [2.05, 4.69) is 0 Å². The Morgan fingerprint density at radius 2 is 1.46 bits per heavy atom. The van der Waals surface area contributed by atoms with Crippen molar-refractivity contribution in [2.45, 2.75) is 67.8 Å². The summed E-state index contributed by atoms with van der Waals surface area (Å²) in [5, 5.41) is 102. The van der Waals surface area contributed by atoms with Crippen LogP contribution >= 0.6 is 0 Å². The Morgan fingerprint density at radius 1 is 0.792 bits per heavy atom. The predicted molar refractivity (Wildman–Crippen MR) is 154 cm³/mol. The molecule has 18 heteroatoms. The van der Waals surface area contributed by atoms with Gasteiger partial charge in [0.15, 0.2) is 12.4 Å². The molecule has 2 aliphatic heterocycles. The van der Waals surface area contributed by atoms with Crippen LogP contribution in [0.4, 0.5) is 0 Å². The number of phenols is 3. The molecule has 5 rings (SSSR count). The molecule has 1 aromatic heterocycles. The monoisotopic (exact) mass is 681 g/mol. The Bertz CT molecular complexity index is 1610. The molecule has 3 aromatic rings. The average molecular weight is 682 g/mol. The molecule has 2 saturated heterocycles. The molecule has 0 spiro atoms.